The number of hydrogen-bond acceptors (Lipinski definition) is 28. The van der Waals surface area contributed by atoms with Crippen LogP contribution < -0.4 is 22.2 Å². The summed E-state index contributed by atoms with van der Waals surface area (Å²) in [6.07, 6.45) is 9.90. The van der Waals surface area contributed by atoms with E-state index in [4.69, 9.17) is 20.4 Å². The second-order valence-corrected chi connectivity index (χ2v) is 27.2. The number of aromatic nitrogens is 20. The van der Waals surface area contributed by atoms with Crippen molar-refractivity contribution in [3.8, 4) is 0 Å². The maximum absolute atomic E-state index is 12.7. The van der Waals surface area contributed by atoms with Crippen molar-refractivity contribution in [3.63, 3.8) is 0 Å². The summed E-state index contributed by atoms with van der Waals surface area (Å²) in [4.78, 5) is 146. The number of carboxylic acids is 4. The summed E-state index contributed by atoms with van der Waals surface area (Å²) in [6.45, 7) is 6.57. The molecule has 0 amide bonds. The molecule has 4 N–H and O–H groups in total. The predicted molar refractivity (Wildman–Crippen MR) is 381 cm³/mol. The molecule has 0 bridgehead atoms. The van der Waals surface area contributed by atoms with Crippen molar-refractivity contribution in [1.82, 2.24) is 98.9 Å². The zero-order chi connectivity index (χ0) is 72.2. The van der Waals surface area contributed by atoms with Crippen molar-refractivity contribution >= 4 is 154 Å². The van der Waals surface area contributed by atoms with Gasteiger partial charge in [0.25, 0.3) is 22.2 Å². The molecule has 0 atom stereocenters. The van der Waals surface area contributed by atoms with Gasteiger partial charge in [0.15, 0.2) is 22.1 Å². The van der Waals surface area contributed by atoms with Crippen LogP contribution in [0.5, 0.6) is 0 Å². The lowest BCUT2D eigenvalue weighted by Gasteiger charge is -2.07. The Morgan fingerprint density at radius 2 is 0.553 bits per heavy atom. The number of rotatable bonds is 16. The summed E-state index contributed by atoms with van der Waals surface area (Å²) in [5, 5.41) is 56.1. The third kappa shape index (κ3) is 15.5. The number of fused-ring (bicyclic) bond motifs is 8. The van der Waals surface area contributed by atoms with E-state index in [9.17, 15) is 38.4 Å². The standard InChI is InChI=1S/3C17H13N5O3S.C16H11N5O3S/c3*1-9-2-3-12-10(6-9)20-13(26-12)8-22-17(25)16-15(18-4-5-19-16)11(21-22)7-14(23)24;22-13(23)7-10-14-15(18-6-5-17-14)16(24)21(20-10)8-12-19-9-3-1-2-4-11(9)25-12/h3*2-6H,7-8H2,1H3,(H,23,24);1-6H,7-8H2,(H,22,23). The third-order valence-electron chi connectivity index (χ3n) is 15.1. The molecule has 0 aliphatic carbocycles. The van der Waals surface area contributed by atoms with Gasteiger partial charge in [-0.3, -0.25) is 58.3 Å². The van der Waals surface area contributed by atoms with Gasteiger partial charge in [-0.25, -0.2) is 58.6 Å². The average molecular weight is 1460 g/mol. The number of para-hydroxylation sites is 1. The highest BCUT2D eigenvalue weighted by molar-refractivity contribution is 7.19. The van der Waals surface area contributed by atoms with Crippen LogP contribution in [0.2, 0.25) is 0 Å². The van der Waals surface area contributed by atoms with Gasteiger partial charge >= 0.3 is 23.9 Å². The minimum absolute atomic E-state index is 0.106. The van der Waals surface area contributed by atoms with E-state index >= 15 is 0 Å². The summed E-state index contributed by atoms with van der Waals surface area (Å²) in [5.41, 5.74) is 7.21. The number of aliphatic carboxylic acids is 4. The Kier molecular flexibility index (Phi) is 19.7. The van der Waals surface area contributed by atoms with Crippen molar-refractivity contribution in [2.24, 2.45) is 0 Å². The van der Waals surface area contributed by atoms with E-state index in [0.29, 0.717) is 20.0 Å². The SMILES string of the molecule is Cc1ccc2sc(Cn3nc(CC(=O)O)c4nccnc4c3=O)nc2c1.Cc1ccc2sc(Cn3nc(CC(=O)O)c4nccnc4c3=O)nc2c1.Cc1ccc2sc(Cn3nc(CC(=O)O)c4nccnc4c3=O)nc2c1.O=C(O)Cc1nn(Cc2nc3ccccc3s2)c(=O)c2nccnc12. The number of carboxylic acid groups (broad SMARTS) is 4. The highest BCUT2D eigenvalue weighted by Crippen LogP contribution is 2.28. The Morgan fingerprint density at radius 1 is 0.320 bits per heavy atom. The first-order chi connectivity index (χ1) is 49.6. The van der Waals surface area contributed by atoms with Gasteiger partial charge in [-0.1, -0.05) is 30.3 Å². The fourth-order valence-electron chi connectivity index (χ4n) is 10.7. The smallest absolute Gasteiger partial charge is 0.309 e. The summed E-state index contributed by atoms with van der Waals surface area (Å²) in [6, 6.07) is 25.6. The molecule has 16 rings (SSSR count). The molecule has 0 radical (unpaired) electrons. The Bertz CT molecular complexity index is 5840. The molecule has 16 aromatic rings. The van der Waals surface area contributed by atoms with Gasteiger partial charge in [0.2, 0.25) is 0 Å². The van der Waals surface area contributed by atoms with E-state index < -0.39 is 46.1 Å². The first kappa shape index (κ1) is 68.7. The molecule has 514 valence electrons. The summed E-state index contributed by atoms with van der Waals surface area (Å²) in [5.74, 6) is -4.20. The minimum atomic E-state index is -1.05. The number of hydrogen-bond donors (Lipinski definition) is 4. The molecule has 0 fully saturated rings. The predicted octanol–water partition coefficient (Wildman–Crippen LogP) is 6.81. The highest BCUT2D eigenvalue weighted by Gasteiger charge is 2.22. The highest BCUT2D eigenvalue weighted by atomic mass is 32.1. The quantitative estimate of drug-likeness (QED) is 0.0771. The van der Waals surface area contributed by atoms with E-state index in [2.05, 4.69) is 80.2 Å². The zero-order valence-electron chi connectivity index (χ0n) is 53.9. The topological polar surface area (TPSA) is 443 Å². The Morgan fingerprint density at radius 3 is 0.806 bits per heavy atom. The maximum atomic E-state index is 12.7. The largest absolute Gasteiger partial charge is 0.481 e. The van der Waals surface area contributed by atoms with Crippen molar-refractivity contribution in [2.75, 3.05) is 0 Å². The van der Waals surface area contributed by atoms with Crippen LogP contribution in [-0.2, 0) is 71.0 Å². The number of carbonyl (C=O) groups is 4. The van der Waals surface area contributed by atoms with Crippen LogP contribution in [0.4, 0.5) is 0 Å². The van der Waals surface area contributed by atoms with Crippen LogP contribution >= 0.6 is 45.3 Å². The van der Waals surface area contributed by atoms with E-state index in [1.165, 1.54) is 114 Å². The first-order valence-electron chi connectivity index (χ1n) is 30.8. The number of nitrogens with zero attached hydrogens (tertiary/aromatic N) is 20. The van der Waals surface area contributed by atoms with E-state index in [0.717, 1.165) is 57.6 Å². The van der Waals surface area contributed by atoms with E-state index in [-0.39, 0.29) is 119 Å². The van der Waals surface area contributed by atoms with Crippen molar-refractivity contribution in [3.05, 3.63) is 229 Å². The lowest BCUT2D eigenvalue weighted by atomic mass is 10.2. The van der Waals surface area contributed by atoms with Crippen LogP contribution in [0.3, 0.4) is 0 Å². The summed E-state index contributed by atoms with van der Waals surface area (Å²) in [7, 11) is 0. The number of benzene rings is 4. The van der Waals surface area contributed by atoms with Gasteiger partial charge in [-0.05, 0) is 86.0 Å². The first-order valence-corrected chi connectivity index (χ1v) is 34.0. The number of aryl methyl sites for hydroxylation is 3. The van der Waals surface area contributed by atoms with Crippen LogP contribution in [0, 0.1) is 20.8 Å². The van der Waals surface area contributed by atoms with Gasteiger partial charge in [-0.15, -0.1) is 45.3 Å². The molecule has 32 nitrogen and oxygen atoms in total. The molecule has 0 spiro atoms. The molecule has 0 saturated heterocycles. The average Bonchev–Trinajstić information content (AvgIpc) is 1.51. The lowest BCUT2D eigenvalue weighted by Crippen LogP contribution is -2.27. The second kappa shape index (κ2) is 29.6. The third-order valence-corrected chi connectivity index (χ3v) is 19.2. The Hall–Kier alpha value is -12.8. The van der Waals surface area contributed by atoms with Crippen molar-refractivity contribution in [1.29, 1.82) is 0 Å². The van der Waals surface area contributed by atoms with E-state index in [1.54, 1.807) is 0 Å². The fourth-order valence-corrected chi connectivity index (χ4v) is 14.4. The molecule has 12 aromatic heterocycles. The van der Waals surface area contributed by atoms with E-state index in [1.807, 2.05) is 99.6 Å². The van der Waals surface area contributed by atoms with Crippen molar-refractivity contribution < 1.29 is 39.6 Å². The van der Waals surface area contributed by atoms with Crippen LogP contribution in [0.15, 0.2) is 148 Å². The number of thiazole rings is 4. The van der Waals surface area contributed by atoms with Crippen LogP contribution in [0.25, 0.3) is 85.0 Å². The molecule has 36 heteroatoms. The fraction of sp³-hybridized carbons (Fsp3) is 0.164. The summed E-state index contributed by atoms with van der Waals surface area (Å²) < 4.78 is 8.89. The monoisotopic (exact) mass is 1450 g/mol. The van der Waals surface area contributed by atoms with Crippen LogP contribution in [0.1, 0.15) is 59.5 Å². The zero-order valence-corrected chi connectivity index (χ0v) is 57.2. The molecular formula is C67H50N20O12S4. The molecule has 4 aromatic carbocycles. The lowest BCUT2D eigenvalue weighted by molar-refractivity contribution is -0.137. The van der Waals surface area contributed by atoms with Gasteiger partial charge in [0, 0.05) is 49.6 Å². The molecule has 0 aliphatic rings. The van der Waals surface area contributed by atoms with Gasteiger partial charge in [0.05, 0.1) is 92.7 Å². The molecule has 103 heavy (non-hydrogen) atoms. The second-order valence-electron chi connectivity index (χ2n) is 22.7. The minimum Gasteiger partial charge on any atom is -0.481 e. The molecule has 0 aliphatic heterocycles. The van der Waals surface area contributed by atoms with Crippen LogP contribution in [-0.4, -0.2) is 143 Å². The van der Waals surface area contributed by atoms with Gasteiger partial charge in [-0.2, -0.15) is 20.4 Å². The Labute approximate surface area is 591 Å². The summed E-state index contributed by atoms with van der Waals surface area (Å²) >= 11 is 5.88. The molecule has 0 unspecified atom stereocenters. The Balaban J connectivity index is 0.000000122. The molecule has 12 heterocycles. The molecular weight excluding hydrogens is 1410 g/mol. The van der Waals surface area contributed by atoms with Gasteiger partial charge in [0.1, 0.15) is 64.9 Å². The maximum Gasteiger partial charge on any atom is 0.309 e. The van der Waals surface area contributed by atoms with Crippen molar-refractivity contribution in [2.45, 2.75) is 72.6 Å². The molecule has 0 saturated carbocycles. The normalized spacial score (nSPS) is 11.3. The van der Waals surface area contributed by atoms with Gasteiger partial charge < -0.3 is 20.4 Å².